The Morgan fingerprint density at radius 1 is 1.22 bits per heavy atom. The minimum atomic E-state index is -4.45. The molecule has 2 N–H and O–H groups in total. The van der Waals surface area contributed by atoms with Gasteiger partial charge in [-0.25, -0.2) is 0 Å². The number of ether oxygens (including phenoxy) is 1. The highest BCUT2D eigenvalue weighted by Gasteiger charge is 2.30. The van der Waals surface area contributed by atoms with Gasteiger partial charge in [-0.2, -0.15) is 13.2 Å². The molecule has 0 heterocycles. The highest BCUT2D eigenvalue weighted by atomic mass is 19.4. The summed E-state index contributed by atoms with van der Waals surface area (Å²) in [7, 11) is 0. The number of benzene rings is 2. The lowest BCUT2D eigenvalue weighted by molar-refractivity contribution is -0.384. The van der Waals surface area contributed by atoms with Gasteiger partial charge < -0.3 is 10.5 Å². The van der Waals surface area contributed by atoms with E-state index < -0.39 is 16.7 Å². The number of non-ortho nitro benzene ring substituents is 1. The molecule has 122 valence electrons. The highest BCUT2D eigenvalue weighted by molar-refractivity contribution is 5.57. The van der Waals surface area contributed by atoms with Gasteiger partial charge in [0.05, 0.1) is 22.2 Å². The number of nitrogen functional groups attached to an aromatic ring is 1. The summed E-state index contributed by atoms with van der Waals surface area (Å²) >= 11 is 0. The van der Waals surface area contributed by atoms with Crippen molar-refractivity contribution in [3.05, 3.63) is 63.2 Å². The Morgan fingerprint density at radius 2 is 1.91 bits per heavy atom. The van der Waals surface area contributed by atoms with Crippen LogP contribution in [0.3, 0.4) is 0 Å². The average Bonchev–Trinajstić information content (AvgIpc) is 2.46. The van der Waals surface area contributed by atoms with Crippen molar-refractivity contribution in [3.8, 4) is 5.75 Å². The summed E-state index contributed by atoms with van der Waals surface area (Å²) in [4.78, 5) is 10.1. The van der Waals surface area contributed by atoms with Crippen LogP contribution < -0.4 is 10.5 Å². The molecule has 0 aliphatic rings. The molecular weight excluding hydrogens is 313 g/mol. The molecule has 5 nitrogen and oxygen atoms in total. The van der Waals surface area contributed by atoms with Crippen LogP contribution in [0.5, 0.6) is 5.75 Å². The van der Waals surface area contributed by atoms with Gasteiger partial charge in [0, 0.05) is 6.07 Å². The lowest BCUT2D eigenvalue weighted by Gasteiger charge is -2.13. The van der Waals surface area contributed by atoms with Gasteiger partial charge >= 0.3 is 6.18 Å². The topological polar surface area (TPSA) is 78.4 Å². The number of anilines is 1. The normalized spacial score (nSPS) is 11.3. The number of rotatable bonds is 4. The number of aryl methyl sites for hydroxylation is 1. The van der Waals surface area contributed by atoms with Crippen molar-refractivity contribution in [2.24, 2.45) is 0 Å². The molecule has 2 rings (SSSR count). The Morgan fingerprint density at radius 3 is 2.52 bits per heavy atom. The summed E-state index contributed by atoms with van der Waals surface area (Å²) in [6.45, 7) is 1.47. The molecule has 0 fully saturated rings. The number of nitro benzene ring substituents is 1. The maximum atomic E-state index is 12.7. The van der Waals surface area contributed by atoms with Gasteiger partial charge in [0.15, 0.2) is 0 Å². The van der Waals surface area contributed by atoms with Crippen LogP contribution in [-0.2, 0) is 12.8 Å². The maximum absolute atomic E-state index is 12.7. The Kier molecular flexibility index (Phi) is 4.44. The second-order valence-corrected chi connectivity index (χ2v) is 4.91. The molecule has 23 heavy (non-hydrogen) atoms. The first kappa shape index (κ1) is 16.6. The SMILES string of the molecule is Cc1ccc(C(F)(F)F)cc1COc1cc([N+](=O)[O-])ccc1N. The minimum absolute atomic E-state index is 0.0519. The lowest BCUT2D eigenvalue weighted by Crippen LogP contribution is -2.08. The number of hydrogen-bond donors (Lipinski definition) is 1. The van der Waals surface area contributed by atoms with Crippen molar-refractivity contribution >= 4 is 11.4 Å². The third-order valence-electron chi connectivity index (χ3n) is 3.27. The zero-order chi connectivity index (χ0) is 17.2. The van der Waals surface area contributed by atoms with E-state index in [0.717, 1.165) is 18.2 Å². The number of alkyl halides is 3. The standard InChI is InChI=1S/C15H13F3N2O3/c1-9-2-3-11(15(16,17)18)6-10(9)8-23-14-7-12(20(21)22)4-5-13(14)19/h2-7H,8,19H2,1H3. The Hall–Kier alpha value is -2.77. The van der Waals surface area contributed by atoms with Crippen molar-refractivity contribution in [3.63, 3.8) is 0 Å². The second-order valence-electron chi connectivity index (χ2n) is 4.91. The van der Waals surface area contributed by atoms with Gasteiger partial charge in [-0.3, -0.25) is 10.1 Å². The number of halogens is 3. The van der Waals surface area contributed by atoms with E-state index in [9.17, 15) is 23.3 Å². The van der Waals surface area contributed by atoms with Crippen LogP contribution in [0.1, 0.15) is 16.7 Å². The molecule has 0 aliphatic carbocycles. The average molecular weight is 326 g/mol. The molecule has 0 unspecified atom stereocenters. The van der Waals surface area contributed by atoms with Crippen LogP contribution in [0.25, 0.3) is 0 Å². The molecule has 2 aromatic carbocycles. The fourth-order valence-electron chi connectivity index (χ4n) is 1.92. The largest absolute Gasteiger partial charge is 0.486 e. The molecule has 0 saturated carbocycles. The van der Waals surface area contributed by atoms with Gasteiger partial charge in [-0.1, -0.05) is 6.07 Å². The van der Waals surface area contributed by atoms with E-state index in [1.165, 1.54) is 18.2 Å². The van der Waals surface area contributed by atoms with Crippen molar-refractivity contribution in [1.29, 1.82) is 0 Å². The molecule has 2 aromatic rings. The smallest absolute Gasteiger partial charge is 0.416 e. The zero-order valence-corrected chi connectivity index (χ0v) is 12.1. The number of nitro groups is 1. The summed E-state index contributed by atoms with van der Waals surface area (Å²) in [6.07, 6.45) is -4.45. The van der Waals surface area contributed by atoms with E-state index in [2.05, 4.69) is 0 Å². The first-order valence-corrected chi connectivity index (χ1v) is 6.52. The van der Waals surface area contributed by atoms with Crippen LogP contribution in [-0.4, -0.2) is 4.92 Å². The first-order valence-electron chi connectivity index (χ1n) is 6.52. The summed E-state index contributed by atoms with van der Waals surface area (Å²) in [5, 5.41) is 10.7. The molecule has 0 amide bonds. The minimum Gasteiger partial charge on any atom is -0.486 e. The van der Waals surface area contributed by atoms with Crippen molar-refractivity contribution in [1.82, 2.24) is 0 Å². The highest BCUT2D eigenvalue weighted by Crippen LogP contribution is 2.32. The Labute approximate surface area is 129 Å². The predicted octanol–water partition coefficient (Wildman–Crippen LogP) is 4.08. The number of hydrogen-bond acceptors (Lipinski definition) is 4. The quantitative estimate of drug-likeness (QED) is 0.521. The summed E-state index contributed by atoms with van der Waals surface area (Å²) < 4.78 is 43.6. The van der Waals surface area contributed by atoms with Crippen molar-refractivity contribution < 1.29 is 22.8 Å². The Bertz CT molecular complexity index is 745. The monoisotopic (exact) mass is 326 g/mol. The molecule has 0 aromatic heterocycles. The first-order chi connectivity index (χ1) is 10.7. The molecule has 0 radical (unpaired) electrons. The van der Waals surface area contributed by atoms with Gasteiger partial charge in [0.2, 0.25) is 0 Å². The second kappa shape index (κ2) is 6.15. The molecule has 0 bridgehead atoms. The summed E-state index contributed by atoms with van der Waals surface area (Å²) in [5.74, 6) is 0.0519. The maximum Gasteiger partial charge on any atom is 0.416 e. The van der Waals surface area contributed by atoms with E-state index in [-0.39, 0.29) is 23.7 Å². The van der Waals surface area contributed by atoms with Crippen LogP contribution in [0.15, 0.2) is 36.4 Å². The predicted molar refractivity (Wildman–Crippen MR) is 78.0 cm³/mol. The fourth-order valence-corrected chi connectivity index (χ4v) is 1.92. The van der Waals surface area contributed by atoms with E-state index in [1.54, 1.807) is 6.92 Å². The molecule has 0 aliphatic heterocycles. The van der Waals surface area contributed by atoms with Crippen LogP contribution in [0, 0.1) is 17.0 Å². The third-order valence-corrected chi connectivity index (χ3v) is 3.27. The van der Waals surface area contributed by atoms with Gasteiger partial charge in [-0.15, -0.1) is 0 Å². The number of nitrogens with two attached hydrogens (primary N) is 1. The van der Waals surface area contributed by atoms with E-state index in [4.69, 9.17) is 10.5 Å². The van der Waals surface area contributed by atoms with Crippen LogP contribution in [0.4, 0.5) is 24.5 Å². The van der Waals surface area contributed by atoms with Crippen LogP contribution in [0.2, 0.25) is 0 Å². The fraction of sp³-hybridized carbons (Fsp3) is 0.200. The van der Waals surface area contributed by atoms with Crippen LogP contribution >= 0.6 is 0 Å². The molecule has 0 saturated heterocycles. The lowest BCUT2D eigenvalue weighted by atomic mass is 10.1. The molecule has 8 heteroatoms. The van der Waals surface area contributed by atoms with Gasteiger partial charge in [0.1, 0.15) is 12.4 Å². The molecule has 0 atom stereocenters. The third kappa shape index (κ3) is 3.91. The zero-order valence-electron chi connectivity index (χ0n) is 12.1. The summed E-state index contributed by atoms with van der Waals surface area (Å²) in [5.41, 5.74) is 5.77. The van der Waals surface area contributed by atoms with Crippen molar-refractivity contribution in [2.45, 2.75) is 19.7 Å². The van der Waals surface area contributed by atoms with E-state index >= 15 is 0 Å². The Balaban J connectivity index is 2.24. The van der Waals surface area contributed by atoms with Gasteiger partial charge in [0.25, 0.3) is 5.69 Å². The van der Waals surface area contributed by atoms with E-state index in [0.29, 0.717) is 11.1 Å². The van der Waals surface area contributed by atoms with Gasteiger partial charge in [-0.05, 0) is 36.2 Å². The van der Waals surface area contributed by atoms with Crippen molar-refractivity contribution in [2.75, 3.05) is 5.73 Å². The number of nitrogens with zero attached hydrogens (tertiary/aromatic N) is 1. The molecule has 0 spiro atoms. The summed E-state index contributed by atoms with van der Waals surface area (Å²) in [6, 6.07) is 6.99. The van der Waals surface area contributed by atoms with E-state index in [1.807, 2.05) is 0 Å². The molecular formula is C15H13F3N2O3.